The van der Waals surface area contributed by atoms with Gasteiger partial charge in [0.2, 0.25) is 0 Å². The Hall–Kier alpha value is -1.32. The quantitative estimate of drug-likeness (QED) is 0.774. The van der Waals surface area contributed by atoms with Crippen molar-refractivity contribution < 1.29 is 9.53 Å². The molecule has 4 heteroatoms. The Morgan fingerprint density at radius 1 is 1.53 bits per heavy atom. The number of rotatable bonds is 4. The topological polar surface area (TPSA) is 55.0 Å². The third kappa shape index (κ3) is 2.81. The summed E-state index contributed by atoms with van der Waals surface area (Å²) < 4.78 is 4.99. The molecule has 1 aromatic heterocycles. The van der Waals surface area contributed by atoms with Crippen LogP contribution in [-0.2, 0) is 11.2 Å². The van der Waals surface area contributed by atoms with Gasteiger partial charge in [-0.05, 0) is 26.2 Å². The molecule has 0 fully saturated rings. The minimum atomic E-state index is -0.278. The number of aromatic amines is 1. The summed E-state index contributed by atoms with van der Waals surface area (Å²) in [4.78, 5) is 11.6. The van der Waals surface area contributed by atoms with Gasteiger partial charge in [0.15, 0.2) is 0 Å². The lowest BCUT2D eigenvalue weighted by Gasteiger charge is -2.05. The first-order chi connectivity index (χ1) is 7.06. The molecule has 0 saturated heterocycles. The van der Waals surface area contributed by atoms with Crippen LogP contribution in [-0.4, -0.2) is 22.8 Å². The van der Waals surface area contributed by atoms with E-state index in [2.05, 4.69) is 24.0 Å². The summed E-state index contributed by atoms with van der Waals surface area (Å²) >= 11 is 0. The molecule has 0 radical (unpaired) electrons. The van der Waals surface area contributed by atoms with Crippen molar-refractivity contribution in [2.75, 3.05) is 6.61 Å². The summed E-state index contributed by atoms with van der Waals surface area (Å²) in [5, 5.41) is 6.96. The van der Waals surface area contributed by atoms with E-state index in [1.54, 1.807) is 6.92 Å². The second-order valence-corrected chi connectivity index (χ2v) is 3.99. The summed E-state index contributed by atoms with van der Waals surface area (Å²) in [6.45, 7) is 8.22. The van der Waals surface area contributed by atoms with Gasteiger partial charge in [-0.1, -0.05) is 13.8 Å². The fraction of sp³-hybridized carbons (Fsp3) is 0.636. The van der Waals surface area contributed by atoms with E-state index >= 15 is 0 Å². The molecule has 1 rings (SSSR count). The van der Waals surface area contributed by atoms with Gasteiger partial charge in [-0.3, -0.25) is 5.10 Å². The highest BCUT2D eigenvalue weighted by molar-refractivity contribution is 5.91. The predicted molar refractivity (Wildman–Crippen MR) is 57.8 cm³/mol. The molecule has 0 amide bonds. The van der Waals surface area contributed by atoms with Crippen LogP contribution in [0, 0.1) is 12.8 Å². The third-order valence-electron chi connectivity index (χ3n) is 2.10. The van der Waals surface area contributed by atoms with Crippen LogP contribution >= 0.6 is 0 Å². The van der Waals surface area contributed by atoms with E-state index in [1.165, 1.54) is 0 Å². The fourth-order valence-electron chi connectivity index (χ4n) is 1.49. The van der Waals surface area contributed by atoms with Gasteiger partial charge in [0.05, 0.1) is 12.3 Å². The average molecular weight is 210 g/mol. The van der Waals surface area contributed by atoms with E-state index in [1.807, 2.05) is 6.92 Å². The van der Waals surface area contributed by atoms with E-state index in [0.29, 0.717) is 18.1 Å². The highest BCUT2D eigenvalue weighted by Crippen LogP contribution is 2.15. The van der Waals surface area contributed by atoms with E-state index in [9.17, 15) is 4.79 Å². The highest BCUT2D eigenvalue weighted by Gasteiger charge is 2.19. The van der Waals surface area contributed by atoms with Gasteiger partial charge in [-0.2, -0.15) is 5.10 Å². The monoisotopic (exact) mass is 210 g/mol. The SMILES string of the molecule is CCOC(=O)c1c(CC(C)C)n[nH]c1C. The lowest BCUT2D eigenvalue weighted by molar-refractivity contribution is 0.0524. The first-order valence-electron chi connectivity index (χ1n) is 5.27. The number of esters is 1. The maximum atomic E-state index is 11.6. The molecule has 0 aromatic carbocycles. The molecule has 4 nitrogen and oxygen atoms in total. The third-order valence-corrected chi connectivity index (χ3v) is 2.10. The van der Waals surface area contributed by atoms with Crippen molar-refractivity contribution in [2.45, 2.75) is 34.1 Å². The largest absolute Gasteiger partial charge is 0.462 e. The van der Waals surface area contributed by atoms with Gasteiger partial charge in [-0.15, -0.1) is 0 Å². The Bertz CT molecular complexity index is 342. The Kier molecular flexibility index (Phi) is 3.88. The molecular weight excluding hydrogens is 192 g/mol. The Balaban J connectivity index is 2.93. The second-order valence-electron chi connectivity index (χ2n) is 3.99. The summed E-state index contributed by atoms with van der Waals surface area (Å²) in [7, 11) is 0. The zero-order valence-electron chi connectivity index (χ0n) is 9.76. The highest BCUT2D eigenvalue weighted by atomic mass is 16.5. The first kappa shape index (κ1) is 11.8. The zero-order chi connectivity index (χ0) is 11.4. The molecule has 1 heterocycles. The Labute approximate surface area is 90.0 Å². The van der Waals surface area contributed by atoms with Crippen LogP contribution < -0.4 is 0 Å². The molecule has 0 bridgehead atoms. The van der Waals surface area contributed by atoms with E-state index < -0.39 is 0 Å². The zero-order valence-corrected chi connectivity index (χ0v) is 9.76. The molecule has 84 valence electrons. The van der Waals surface area contributed by atoms with Gasteiger partial charge in [-0.25, -0.2) is 4.79 Å². The van der Waals surface area contributed by atoms with Crippen molar-refractivity contribution in [3.05, 3.63) is 17.0 Å². The Morgan fingerprint density at radius 2 is 2.20 bits per heavy atom. The van der Waals surface area contributed by atoms with Crippen LogP contribution in [0.3, 0.4) is 0 Å². The molecule has 15 heavy (non-hydrogen) atoms. The minimum Gasteiger partial charge on any atom is -0.462 e. The lowest BCUT2D eigenvalue weighted by Crippen LogP contribution is -2.09. The van der Waals surface area contributed by atoms with Crippen molar-refractivity contribution in [1.82, 2.24) is 10.2 Å². The van der Waals surface area contributed by atoms with Gasteiger partial charge in [0.25, 0.3) is 0 Å². The smallest absolute Gasteiger partial charge is 0.341 e. The van der Waals surface area contributed by atoms with Gasteiger partial charge in [0.1, 0.15) is 5.56 Å². The van der Waals surface area contributed by atoms with Crippen LogP contribution in [0.25, 0.3) is 0 Å². The van der Waals surface area contributed by atoms with Crippen molar-refractivity contribution in [3.8, 4) is 0 Å². The van der Waals surface area contributed by atoms with Crippen molar-refractivity contribution in [3.63, 3.8) is 0 Å². The summed E-state index contributed by atoms with van der Waals surface area (Å²) in [5.74, 6) is 0.195. The summed E-state index contributed by atoms with van der Waals surface area (Å²) in [5.41, 5.74) is 2.19. The maximum absolute atomic E-state index is 11.6. The van der Waals surface area contributed by atoms with Crippen LogP contribution in [0.1, 0.15) is 42.5 Å². The van der Waals surface area contributed by atoms with E-state index in [-0.39, 0.29) is 5.97 Å². The van der Waals surface area contributed by atoms with E-state index in [4.69, 9.17) is 4.74 Å². The van der Waals surface area contributed by atoms with Gasteiger partial charge in [0, 0.05) is 5.69 Å². The Morgan fingerprint density at radius 3 is 2.73 bits per heavy atom. The van der Waals surface area contributed by atoms with Crippen molar-refractivity contribution in [1.29, 1.82) is 0 Å². The number of aryl methyl sites for hydroxylation is 1. The normalized spacial score (nSPS) is 10.7. The maximum Gasteiger partial charge on any atom is 0.341 e. The van der Waals surface area contributed by atoms with Gasteiger partial charge >= 0.3 is 5.97 Å². The molecule has 1 aromatic rings. The minimum absolute atomic E-state index is 0.278. The number of nitrogens with zero attached hydrogens (tertiary/aromatic N) is 1. The molecule has 0 aliphatic heterocycles. The molecule has 0 atom stereocenters. The predicted octanol–water partition coefficient (Wildman–Crippen LogP) is 2.09. The molecule has 0 aliphatic rings. The molecular formula is C11H18N2O2. The number of carbonyl (C=O) groups is 1. The van der Waals surface area contributed by atoms with Crippen LogP contribution in [0.15, 0.2) is 0 Å². The number of hydrogen-bond acceptors (Lipinski definition) is 3. The number of aromatic nitrogens is 2. The number of carbonyl (C=O) groups excluding carboxylic acids is 1. The first-order valence-corrected chi connectivity index (χ1v) is 5.27. The standard InChI is InChI=1S/C11H18N2O2/c1-5-15-11(14)10-8(4)12-13-9(10)6-7(2)3/h7H,5-6H2,1-4H3,(H,12,13). The summed E-state index contributed by atoms with van der Waals surface area (Å²) in [6, 6.07) is 0. The number of H-pyrrole nitrogens is 1. The van der Waals surface area contributed by atoms with E-state index in [0.717, 1.165) is 17.8 Å². The summed E-state index contributed by atoms with van der Waals surface area (Å²) in [6.07, 6.45) is 0.790. The molecule has 0 aliphatic carbocycles. The molecule has 0 spiro atoms. The number of hydrogen-bond donors (Lipinski definition) is 1. The second kappa shape index (κ2) is 4.96. The average Bonchev–Trinajstić information content (AvgIpc) is 2.46. The number of nitrogens with one attached hydrogen (secondary N) is 1. The van der Waals surface area contributed by atoms with Crippen LogP contribution in [0.2, 0.25) is 0 Å². The molecule has 1 N–H and O–H groups in total. The van der Waals surface area contributed by atoms with Crippen molar-refractivity contribution in [2.24, 2.45) is 5.92 Å². The lowest BCUT2D eigenvalue weighted by atomic mass is 10.0. The van der Waals surface area contributed by atoms with Crippen LogP contribution in [0.4, 0.5) is 0 Å². The molecule has 0 unspecified atom stereocenters. The number of ether oxygens (including phenoxy) is 1. The van der Waals surface area contributed by atoms with Crippen molar-refractivity contribution >= 4 is 5.97 Å². The van der Waals surface area contributed by atoms with Crippen LogP contribution in [0.5, 0.6) is 0 Å². The molecule has 0 saturated carbocycles. The van der Waals surface area contributed by atoms with Gasteiger partial charge < -0.3 is 4.74 Å². The fourth-order valence-corrected chi connectivity index (χ4v) is 1.49.